The van der Waals surface area contributed by atoms with Gasteiger partial charge in [-0.2, -0.15) is 0 Å². The standard InChI is InChI=1S/C22H30N2O5S/c1-4-6-13-23-30(26,27)19-10-8-9-18(16-19)24-22(25)17-11-12-20(21(15-17)28-3)29-14-7-5-2/h8-12,15-16,23H,4-7,13-14H2,1-3H3,(H,24,25). The molecule has 0 aliphatic heterocycles. The van der Waals surface area contributed by atoms with E-state index in [2.05, 4.69) is 17.0 Å². The number of ether oxygens (including phenoxy) is 2. The fraction of sp³-hybridized carbons (Fsp3) is 0.409. The second-order valence-electron chi connectivity index (χ2n) is 6.80. The monoisotopic (exact) mass is 434 g/mol. The molecular formula is C22H30N2O5S. The molecule has 0 aromatic heterocycles. The van der Waals surface area contributed by atoms with Gasteiger partial charge in [0.2, 0.25) is 10.0 Å². The molecule has 2 rings (SSSR count). The first-order chi connectivity index (χ1) is 14.4. The number of rotatable bonds is 12. The van der Waals surface area contributed by atoms with Crippen LogP contribution in [0.3, 0.4) is 0 Å². The summed E-state index contributed by atoms with van der Waals surface area (Å²) in [6, 6.07) is 11.1. The summed E-state index contributed by atoms with van der Waals surface area (Å²) in [6.45, 7) is 5.02. The molecule has 0 aliphatic carbocycles. The highest BCUT2D eigenvalue weighted by Crippen LogP contribution is 2.28. The van der Waals surface area contributed by atoms with Crippen molar-refractivity contribution in [2.75, 3.05) is 25.6 Å². The first-order valence-electron chi connectivity index (χ1n) is 10.1. The Hall–Kier alpha value is -2.58. The summed E-state index contributed by atoms with van der Waals surface area (Å²) in [6.07, 6.45) is 3.60. The minimum absolute atomic E-state index is 0.105. The number of hydrogen-bond acceptors (Lipinski definition) is 5. The van der Waals surface area contributed by atoms with E-state index in [1.54, 1.807) is 30.3 Å². The lowest BCUT2D eigenvalue weighted by molar-refractivity contribution is 0.102. The van der Waals surface area contributed by atoms with Crippen molar-refractivity contribution < 1.29 is 22.7 Å². The highest BCUT2D eigenvalue weighted by atomic mass is 32.2. The smallest absolute Gasteiger partial charge is 0.255 e. The number of amides is 1. The Morgan fingerprint density at radius 3 is 2.47 bits per heavy atom. The molecule has 0 aliphatic rings. The Labute approximate surface area is 178 Å². The van der Waals surface area contributed by atoms with Gasteiger partial charge in [-0.05, 0) is 49.2 Å². The zero-order valence-corrected chi connectivity index (χ0v) is 18.6. The second-order valence-corrected chi connectivity index (χ2v) is 8.57. The normalized spacial score (nSPS) is 11.2. The van der Waals surface area contributed by atoms with Crippen LogP contribution in [-0.4, -0.2) is 34.6 Å². The highest BCUT2D eigenvalue weighted by Gasteiger charge is 2.15. The van der Waals surface area contributed by atoms with Crippen LogP contribution in [0.1, 0.15) is 49.9 Å². The molecule has 0 unspecified atom stereocenters. The first kappa shape index (κ1) is 23.7. The minimum atomic E-state index is -3.62. The van der Waals surface area contributed by atoms with Crippen molar-refractivity contribution in [2.24, 2.45) is 0 Å². The van der Waals surface area contributed by atoms with E-state index >= 15 is 0 Å². The largest absolute Gasteiger partial charge is 0.493 e. The molecule has 0 radical (unpaired) electrons. The number of methoxy groups -OCH3 is 1. The van der Waals surface area contributed by atoms with E-state index in [0.29, 0.717) is 35.9 Å². The topological polar surface area (TPSA) is 93.7 Å². The lowest BCUT2D eigenvalue weighted by Gasteiger charge is -2.13. The van der Waals surface area contributed by atoms with E-state index in [0.717, 1.165) is 25.7 Å². The maximum Gasteiger partial charge on any atom is 0.255 e. The van der Waals surface area contributed by atoms with E-state index in [9.17, 15) is 13.2 Å². The van der Waals surface area contributed by atoms with Gasteiger partial charge < -0.3 is 14.8 Å². The Morgan fingerprint density at radius 2 is 1.77 bits per heavy atom. The van der Waals surface area contributed by atoms with E-state index < -0.39 is 10.0 Å². The zero-order chi connectivity index (χ0) is 22.0. The molecule has 7 nitrogen and oxygen atoms in total. The average Bonchev–Trinajstić information content (AvgIpc) is 2.74. The first-order valence-corrected chi connectivity index (χ1v) is 11.6. The van der Waals surface area contributed by atoms with Crippen molar-refractivity contribution in [2.45, 2.75) is 44.4 Å². The van der Waals surface area contributed by atoms with Gasteiger partial charge in [-0.25, -0.2) is 13.1 Å². The average molecular weight is 435 g/mol. The van der Waals surface area contributed by atoms with Crippen molar-refractivity contribution in [3.8, 4) is 11.5 Å². The van der Waals surface area contributed by atoms with Crippen molar-refractivity contribution in [1.82, 2.24) is 4.72 Å². The molecule has 1 amide bonds. The third-order valence-corrected chi connectivity index (χ3v) is 5.86. The van der Waals surface area contributed by atoms with E-state index in [1.165, 1.54) is 19.2 Å². The number of benzene rings is 2. The van der Waals surface area contributed by atoms with E-state index in [1.807, 2.05) is 6.92 Å². The molecule has 164 valence electrons. The number of unbranched alkanes of at least 4 members (excludes halogenated alkanes) is 2. The van der Waals surface area contributed by atoms with E-state index in [-0.39, 0.29) is 10.8 Å². The SMILES string of the molecule is CCCCNS(=O)(=O)c1cccc(NC(=O)c2ccc(OCCCC)c(OC)c2)c1. The molecule has 0 bridgehead atoms. The molecule has 30 heavy (non-hydrogen) atoms. The van der Waals surface area contributed by atoms with Gasteiger partial charge in [0.1, 0.15) is 0 Å². The lowest BCUT2D eigenvalue weighted by Crippen LogP contribution is -2.24. The maximum atomic E-state index is 12.7. The Kier molecular flexibility index (Phi) is 9.14. The van der Waals surface area contributed by atoms with Crippen LogP contribution in [0.25, 0.3) is 0 Å². The Bertz CT molecular complexity index is 944. The molecule has 0 saturated carbocycles. The highest BCUT2D eigenvalue weighted by molar-refractivity contribution is 7.89. The van der Waals surface area contributed by atoms with Gasteiger partial charge in [-0.15, -0.1) is 0 Å². The summed E-state index contributed by atoms with van der Waals surface area (Å²) < 4.78 is 38.4. The maximum absolute atomic E-state index is 12.7. The summed E-state index contributed by atoms with van der Waals surface area (Å²) in [7, 11) is -2.10. The molecule has 0 saturated heterocycles. The molecule has 0 atom stereocenters. The van der Waals surface area contributed by atoms with Crippen molar-refractivity contribution in [3.63, 3.8) is 0 Å². The summed E-state index contributed by atoms with van der Waals surface area (Å²) in [5.74, 6) is 0.672. The summed E-state index contributed by atoms with van der Waals surface area (Å²) >= 11 is 0. The Morgan fingerprint density at radius 1 is 1.00 bits per heavy atom. The third kappa shape index (κ3) is 6.74. The van der Waals surface area contributed by atoms with Crippen LogP contribution in [0, 0.1) is 0 Å². The molecule has 8 heteroatoms. The summed E-state index contributed by atoms with van der Waals surface area (Å²) in [5.41, 5.74) is 0.768. The number of nitrogens with one attached hydrogen (secondary N) is 2. The van der Waals surface area contributed by atoms with Gasteiger partial charge >= 0.3 is 0 Å². The van der Waals surface area contributed by atoms with Gasteiger partial charge in [0, 0.05) is 17.8 Å². The predicted molar refractivity (Wildman–Crippen MR) is 118 cm³/mol. The second kappa shape index (κ2) is 11.6. The summed E-state index contributed by atoms with van der Waals surface area (Å²) in [5, 5.41) is 2.73. The quantitative estimate of drug-likeness (QED) is 0.488. The molecule has 2 N–H and O–H groups in total. The van der Waals surface area contributed by atoms with Crippen LogP contribution in [-0.2, 0) is 10.0 Å². The molecule has 0 heterocycles. The molecular weight excluding hydrogens is 404 g/mol. The van der Waals surface area contributed by atoms with Crippen LogP contribution < -0.4 is 19.5 Å². The van der Waals surface area contributed by atoms with Gasteiger partial charge in [0.05, 0.1) is 18.6 Å². The number of anilines is 1. The molecule has 2 aromatic carbocycles. The van der Waals surface area contributed by atoms with Gasteiger partial charge in [-0.1, -0.05) is 32.8 Å². The fourth-order valence-electron chi connectivity index (χ4n) is 2.67. The Balaban J connectivity index is 2.12. The number of sulfonamides is 1. The molecule has 0 spiro atoms. The number of carbonyl (C=O) groups excluding carboxylic acids is 1. The van der Waals surface area contributed by atoms with Crippen molar-refractivity contribution >= 4 is 21.6 Å². The predicted octanol–water partition coefficient (Wildman–Crippen LogP) is 4.20. The van der Waals surface area contributed by atoms with Crippen molar-refractivity contribution in [1.29, 1.82) is 0 Å². The van der Waals surface area contributed by atoms with Crippen LogP contribution >= 0.6 is 0 Å². The fourth-order valence-corrected chi connectivity index (χ4v) is 3.79. The van der Waals surface area contributed by atoms with E-state index in [4.69, 9.17) is 9.47 Å². The zero-order valence-electron chi connectivity index (χ0n) is 17.7. The molecule has 2 aromatic rings. The van der Waals surface area contributed by atoms with Crippen molar-refractivity contribution in [3.05, 3.63) is 48.0 Å². The number of hydrogen-bond donors (Lipinski definition) is 2. The molecule has 0 fully saturated rings. The minimum Gasteiger partial charge on any atom is -0.493 e. The van der Waals surface area contributed by atoms with Crippen LogP contribution in [0.2, 0.25) is 0 Å². The van der Waals surface area contributed by atoms with Gasteiger partial charge in [0.25, 0.3) is 5.91 Å². The summed E-state index contributed by atoms with van der Waals surface area (Å²) in [4.78, 5) is 12.8. The number of carbonyl (C=O) groups is 1. The van der Waals surface area contributed by atoms with Crippen LogP contribution in [0.15, 0.2) is 47.4 Å². The van der Waals surface area contributed by atoms with Gasteiger partial charge in [-0.3, -0.25) is 4.79 Å². The van der Waals surface area contributed by atoms with Crippen LogP contribution in [0.4, 0.5) is 5.69 Å². The van der Waals surface area contributed by atoms with Gasteiger partial charge in [0.15, 0.2) is 11.5 Å². The lowest BCUT2D eigenvalue weighted by atomic mass is 10.2. The third-order valence-electron chi connectivity index (χ3n) is 4.41. The van der Waals surface area contributed by atoms with Crippen LogP contribution in [0.5, 0.6) is 11.5 Å².